The van der Waals surface area contributed by atoms with Gasteiger partial charge >= 0.3 is 5.97 Å². The lowest BCUT2D eigenvalue weighted by Gasteiger charge is -2.23. The fraction of sp³-hybridized carbons (Fsp3) is 0.250. The smallest absolute Gasteiger partial charge is 0.309 e. The molecule has 1 aliphatic rings. The van der Waals surface area contributed by atoms with E-state index in [4.69, 9.17) is 4.74 Å². The Morgan fingerprint density at radius 2 is 1.88 bits per heavy atom. The molecule has 1 unspecified atom stereocenters. The summed E-state index contributed by atoms with van der Waals surface area (Å²) in [5.41, 5.74) is -0.504. The minimum atomic E-state index is -1.72. The summed E-state index contributed by atoms with van der Waals surface area (Å²) in [7, 11) is 0. The van der Waals surface area contributed by atoms with Crippen LogP contribution in [0.3, 0.4) is 0 Å². The molecule has 1 aliphatic heterocycles. The lowest BCUT2D eigenvalue weighted by molar-refractivity contribution is -0.152. The molecule has 26 heavy (non-hydrogen) atoms. The number of rotatable bonds is 3. The SMILES string of the molecule is CC(C)OC(=O)CC1(O)c2ccccc2-n2c1nc1ccccc1c2=O. The van der Waals surface area contributed by atoms with E-state index in [1.165, 1.54) is 4.57 Å². The van der Waals surface area contributed by atoms with Crippen molar-refractivity contribution in [3.8, 4) is 5.69 Å². The van der Waals surface area contributed by atoms with E-state index in [-0.39, 0.29) is 23.9 Å². The molecular formula is C20H18N2O4. The normalized spacial score (nSPS) is 18.0. The number of esters is 1. The largest absolute Gasteiger partial charge is 0.463 e. The Kier molecular flexibility index (Phi) is 3.66. The molecule has 2 heterocycles. The zero-order chi connectivity index (χ0) is 18.5. The first-order chi connectivity index (χ1) is 12.4. The third-order valence-electron chi connectivity index (χ3n) is 4.50. The third-order valence-corrected chi connectivity index (χ3v) is 4.50. The molecule has 0 spiro atoms. The topological polar surface area (TPSA) is 81.4 Å². The van der Waals surface area contributed by atoms with Crippen LogP contribution >= 0.6 is 0 Å². The average molecular weight is 350 g/mol. The lowest BCUT2D eigenvalue weighted by Crippen LogP contribution is -2.33. The molecule has 1 N–H and O–H groups in total. The van der Waals surface area contributed by atoms with Crippen LogP contribution in [-0.4, -0.2) is 26.7 Å². The summed E-state index contributed by atoms with van der Waals surface area (Å²) in [6.45, 7) is 3.49. The molecule has 6 heteroatoms. The summed E-state index contributed by atoms with van der Waals surface area (Å²) in [5, 5.41) is 11.9. The van der Waals surface area contributed by atoms with Crippen molar-refractivity contribution in [2.45, 2.75) is 32.0 Å². The Bertz CT molecular complexity index is 1090. The second kappa shape index (κ2) is 5.78. The van der Waals surface area contributed by atoms with Crippen LogP contribution in [0.4, 0.5) is 0 Å². The Hall–Kier alpha value is -2.99. The van der Waals surface area contributed by atoms with E-state index in [0.717, 1.165) is 0 Å². The molecule has 0 saturated heterocycles. The quantitative estimate of drug-likeness (QED) is 0.733. The minimum absolute atomic E-state index is 0.142. The van der Waals surface area contributed by atoms with Crippen molar-refractivity contribution in [2.24, 2.45) is 0 Å². The number of carbonyl (C=O) groups is 1. The zero-order valence-electron chi connectivity index (χ0n) is 14.5. The lowest BCUT2D eigenvalue weighted by atomic mass is 9.91. The summed E-state index contributed by atoms with van der Waals surface area (Å²) < 4.78 is 6.60. The van der Waals surface area contributed by atoms with Crippen LogP contribution in [0.2, 0.25) is 0 Å². The van der Waals surface area contributed by atoms with Gasteiger partial charge in [0.25, 0.3) is 5.56 Å². The maximum absolute atomic E-state index is 13.0. The molecule has 0 bridgehead atoms. The van der Waals surface area contributed by atoms with Gasteiger partial charge in [-0.05, 0) is 32.0 Å². The van der Waals surface area contributed by atoms with Crippen LogP contribution in [0.15, 0.2) is 53.3 Å². The van der Waals surface area contributed by atoms with E-state index in [1.807, 2.05) is 0 Å². The second-order valence-corrected chi connectivity index (χ2v) is 6.69. The maximum Gasteiger partial charge on any atom is 0.309 e. The first-order valence-electron chi connectivity index (χ1n) is 8.46. The molecule has 2 aromatic carbocycles. The highest BCUT2D eigenvalue weighted by atomic mass is 16.5. The Morgan fingerprint density at radius 1 is 1.19 bits per heavy atom. The molecular weight excluding hydrogens is 332 g/mol. The zero-order valence-corrected chi connectivity index (χ0v) is 14.5. The molecule has 6 nitrogen and oxygen atoms in total. The number of para-hydroxylation sites is 2. The summed E-state index contributed by atoms with van der Waals surface area (Å²) in [6, 6.07) is 13.9. The Labute approximate surface area is 149 Å². The first kappa shape index (κ1) is 16.5. The van der Waals surface area contributed by atoms with Gasteiger partial charge in [0.2, 0.25) is 0 Å². The van der Waals surface area contributed by atoms with Crippen LogP contribution in [-0.2, 0) is 15.1 Å². The molecule has 1 atom stereocenters. The van der Waals surface area contributed by atoms with Crippen molar-refractivity contribution in [2.75, 3.05) is 0 Å². The Morgan fingerprint density at radius 3 is 2.65 bits per heavy atom. The van der Waals surface area contributed by atoms with E-state index in [2.05, 4.69) is 4.98 Å². The van der Waals surface area contributed by atoms with Gasteiger partial charge in [-0.3, -0.25) is 14.2 Å². The van der Waals surface area contributed by atoms with Crippen molar-refractivity contribution in [3.63, 3.8) is 0 Å². The van der Waals surface area contributed by atoms with Crippen LogP contribution in [0.5, 0.6) is 0 Å². The maximum atomic E-state index is 13.0. The molecule has 3 aromatic rings. The average Bonchev–Trinajstić information content (AvgIpc) is 2.84. The van der Waals surface area contributed by atoms with Gasteiger partial charge in [0, 0.05) is 5.56 Å². The van der Waals surface area contributed by atoms with Crippen LogP contribution in [0, 0.1) is 0 Å². The number of aliphatic hydroxyl groups is 1. The molecule has 4 rings (SSSR count). The number of fused-ring (bicyclic) bond motifs is 4. The first-order valence-corrected chi connectivity index (χ1v) is 8.46. The molecule has 132 valence electrons. The number of benzene rings is 2. The molecule has 0 saturated carbocycles. The monoisotopic (exact) mass is 350 g/mol. The minimum Gasteiger partial charge on any atom is -0.463 e. The van der Waals surface area contributed by atoms with E-state index in [1.54, 1.807) is 62.4 Å². The van der Waals surface area contributed by atoms with Crippen molar-refractivity contribution in [1.29, 1.82) is 0 Å². The fourth-order valence-corrected chi connectivity index (χ4v) is 3.46. The number of carbonyl (C=O) groups excluding carboxylic acids is 1. The summed E-state index contributed by atoms with van der Waals surface area (Å²) >= 11 is 0. The van der Waals surface area contributed by atoms with E-state index >= 15 is 0 Å². The molecule has 0 fully saturated rings. The molecule has 1 aromatic heterocycles. The van der Waals surface area contributed by atoms with Gasteiger partial charge in [-0.1, -0.05) is 30.3 Å². The summed E-state index contributed by atoms with van der Waals surface area (Å²) in [5.74, 6) is -0.406. The van der Waals surface area contributed by atoms with Crippen molar-refractivity contribution < 1.29 is 14.6 Å². The molecule has 0 aliphatic carbocycles. The van der Waals surface area contributed by atoms with Crippen molar-refractivity contribution in [1.82, 2.24) is 9.55 Å². The Balaban J connectivity index is 1.98. The third kappa shape index (κ3) is 2.34. The van der Waals surface area contributed by atoms with Gasteiger partial charge in [-0.15, -0.1) is 0 Å². The van der Waals surface area contributed by atoms with Crippen LogP contribution in [0.25, 0.3) is 16.6 Å². The predicted octanol–water partition coefficient (Wildman–Crippen LogP) is 2.28. The molecule has 0 radical (unpaired) electrons. The predicted molar refractivity (Wildman–Crippen MR) is 96.2 cm³/mol. The standard InChI is InChI=1S/C20H18N2O4/c1-12(2)26-17(23)11-20(25)14-8-4-6-10-16(14)22-18(24)13-7-3-5-9-15(13)21-19(20)22/h3-10,12,25H,11H2,1-2H3. The highest BCUT2D eigenvalue weighted by Gasteiger charge is 2.46. The number of nitrogens with zero attached hydrogens (tertiary/aromatic N) is 2. The van der Waals surface area contributed by atoms with Gasteiger partial charge in [0.15, 0.2) is 11.4 Å². The van der Waals surface area contributed by atoms with E-state index in [9.17, 15) is 14.7 Å². The second-order valence-electron chi connectivity index (χ2n) is 6.69. The highest BCUT2D eigenvalue weighted by molar-refractivity contribution is 5.80. The van der Waals surface area contributed by atoms with Crippen LogP contribution in [0.1, 0.15) is 31.7 Å². The molecule has 0 amide bonds. The van der Waals surface area contributed by atoms with Gasteiger partial charge in [-0.2, -0.15) is 0 Å². The van der Waals surface area contributed by atoms with Crippen molar-refractivity contribution in [3.05, 3.63) is 70.3 Å². The van der Waals surface area contributed by atoms with Gasteiger partial charge in [0.05, 0.1) is 29.1 Å². The summed E-state index contributed by atoms with van der Waals surface area (Å²) in [6.07, 6.45) is -0.609. The highest BCUT2D eigenvalue weighted by Crippen LogP contribution is 2.42. The van der Waals surface area contributed by atoms with Crippen LogP contribution < -0.4 is 5.56 Å². The van der Waals surface area contributed by atoms with Gasteiger partial charge in [0.1, 0.15) is 0 Å². The number of hydrogen-bond donors (Lipinski definition) is 1. The van der Waals surface area contributed by atoms with E-state index < -0.39 is 11.6 Å². The number of aromatic nitrogens is 2. The number of hydrogen-bond acceptors (Lipinski definition) is 5. The van der Waals surface area contributed by atoms with Gasteiger partial charge < -0.3 is 9.84 Å². The number of ether oxygens (including phenoxy) is 1. The van der Waals surface area contributed by atoms with Gasteiger partial charge in [-0.25, -0.2) is 4.98 Å². The van der Waals surface area contributed by atoms with E-state index in [0.29, 0.717) is 22.2 Å². The summed E-state index contributed by atoms with van der Waals surface area (Å²) in [4.78, 5) is 29.8. The fourth-order valence-electron chi connectivity index (χ4n) is 3.46. The van der Waals surface area contributed by atoms with Crippen molar-refractivity contribution >= 4 is 16.9 Å².